The summed E-state index contributed by atoms with van der Waals surface area (Å²) in [4.78, 5) is 19.2. The van der Waals surface area contributed by atoms with Gasteiger partial charge in [-0.3, -0.25) is 4.79 Å². The molecule has 3 aromatic rings. The van der Waals surface area contributed by atoms with Gasteiger partial charge in [0, 0.05) is 35.1 Å². The largest absolute Gasteiger partial charge is 0.380 e. The van der Waals surface area contributed by atoms with Crippen molar-refractivity contribution in [1.29, 1.82) is 0 Å². The van der Waals surface area contributed by atoms with Crippen LogP contribution in [0.1, 0.15) is 15.2 Å². The van der Waals surface area contributed by atoms with Crippen molar-refractivity contribution in [3.8, 4) is 0 Å². The molecule has 0 aliphatic rings. The van der Waals surface area contributed by atoms with E-state index in [0.29, 0.717) is 16.6 Å². The van der Waals surface area contributed by atoms with E-state index in [2.05, 4.69) is 10.3 Å². The van der Waals surface area contributed by atoms with Gasteiger partial charge in [-0.25, -0.2) is 4.98 Å². The lowest BCUT2D eigenvalue weighted by Crippen LogP contribution is -2.26. The summed E-state index contributed by atoms with van der Waals surface area (Å²) in [6, 6.07) is 17.0. The highest BCUT2D eigenvalue weighted by atomic mass is 35.5. The number of halogens is 1. The standard InChI is InChI=1S/C18H16ClN3OS/c1-22(15-5-3-2-4-6-15)17(23)13-7-9-14(10-8-13)20-11-16-12-21-18(19)24-16/h2-10,12,20H,11H2,1H3. The number of para-hydroxylation sites is 1. The highest BCUT2D eigenvalue weighted by molar-refractivity contribution is 7.15. The average Bonchev–Trinajstić information content (AvgIpc) is 3.05. The molecule has 0 saturated carbocycles. The van der Waals surface area contributed by atoms with Crippen LogP contribution in [-0.4, -0.2) is 17.9 Å². The second kappa shape index (κ2) is 7.47. The van der Waals surface area contributed by atoms with Gasteiger partial charge < -0.3 is 10.2 Å². The van der Waals surface area contributed by atoms with E-state index >= 15 is 0 Å². The number of anilines is 2. The zero-order valence-corrected chi connectivity index (χ0v) is 14.6. The first-order valence-electron chi connectivity index (χ1n) is 7.41. The number of thiazole rings is 1. The average molecular weight is 358 g/mol. The van der Waals surface area contributed by atoms with Crippen molar-refractivity contribution in [3.05, 3.63) is 75.7 Å². The van der Waals surface area contributed by atoms with E-state index in [0.717, 1.165) is 16.3 Å². The Morgan fingerprint density at radius 1 is 1.17 bits per heavy atom. The first kappa shape index (κ1) is 16.5. The lowest BCUT2D eigenvalue weighted by Gasteiger charge is -2.17. The Morgan fingerprint density at radius 3 is 2.50 bits per heavy atom. The second-order valence-electron chi connectivity index (χ2n) is 5.21. The molecule has 1 N–H and O–H groups in total. The number of hydrogen-bond acceptors (Lipinski definition) is 4. The highest BCUT2D eigenvalue weighted by Crippen LogP contribution is 2.20. The zero-order valence-electron chi connectivity index (χ0n) is 13.1. The van der Waals surface area contributed by atoms with Gasteiger partial charge in [-0.05, 0) is 36.4 Å². The fraction of sp³-hybridized carbons (Fsp3) is 0.111. The van der Waals surface area contributed by atoms with Gasteiger partial charge in [0.1, 0.15) is 0 Å². The molecule has 6 heteroatoms. The molecule has 2 aromatic carbocycles. The molecule has 1 heterocycles. The molecule has 1 aromatic heterocycles. The van der Waals surface area contributed by atoms with Crippen molar-refractivity contribution >= 4 is 40.2 Å². The number of hydrogen-bond donors (Lipinski definition) is 1. The molecule has 4 nitrogen and oxygen atoms in total. The maximum Gasteiger partial charge on any atom is 0.258 e. The fourth-order valence-corrected chi connectivity index (χ4v) is 3.17. The Bertz CT molecular complexity index is 818. The van der Waals surface area contributed by atoms with Crippen LogP contribution in [0.25, 0.3) is 0 Å². The minimum absolute atomic E-state index is 0.0398. The summed E-state index contributed by atoms with van der Waals surface area (Å²) in [6.45, 7) is 0.654. The van der Waals surface area contributed by atoms with E-state index in [1.807, 2.05) is 54.6 Å². The van der Waals surface area contributed by atoms with Crippen molar-refractivity contribution in [2.75, 3.05) is 17.3 Å². The Kier molecular flexibility index (Phi) is 5.13. The molecule has 0 unspecified atom stereocenters. The number of benzene rings is 2. The Hall–Kier alpha value is -2.37. The molecule has 122 valence electrons. The van der Waals surface area contributed by atoms with Gasteiger partial charge in [0.15, 0.2) is 4.47 Å². The number of nitrogens with zero attached hydrogens (tertiary/aromatic N) is 2. The van der Waals surface area contributed by atoms with Gasteiger partial charge in [0.05, 0.1) is 6.54 Å². The second-order valence-corrected chi connectivity index (χ2v) is 6.91. The number of amides is 1. The molecule has 0 spiro atoms. The monoisotopic (exact) mass is 357 g/mol. The Morgan fingerprint density at radius 2 is 1.88 bits per heavy atom. The molecular weight excluding hydrogens is 342 g/mol. The van der Waals surface area contributed by atoms with Crippen molar-refractivity contribution in [2.24, 2.45) is 0 Å². The number of carbonyl (C=O) groups excluding carboxylic acids is 1. The molecule has 0 radical (unpaired) electrons. The molecule has 0 fully saturated rings. The van der Waals surface area contributed by atoms with Gasteiger partial charge in [0.25, 0.3) is 5.91 Å². The van der Waals surface area contributed by atoms with Crippen LogP contribution < -0.4 is 10.2 Å². The molecule has 1 amide bonds. The number of aromatic nitrogens is 1. The predicted molar refractivity (Wildman–Crippen MR) is 100 cm³/mol. The van der Waals surface area contributed by atoms with Gasteiger partial charge in [-0.2, -0.15) is 0 Å². The van der Waals surface area contributed by atoms with Gasteiger partial charge in [-0.15, -0.1) is 11.3 Å². The minimum atomic E-state index is -0.0398. The molecule has 0 aliphatic heterocycles. The molecule has 0 saturated heterocycles. The normalized spacial score (nSPS) is 10.4. The number of carbonyl (C=O) groups is 1. The first-order valence-corrected chi connectivity index (χ1v) is 8.60. The third-order valence-electron chi connectivity index (χ3n) is 3.57. The number of rotatable bonds is 5. The van der Waals surface area contributed by atoms with Crippen molar-refractivity contribution in [3.63, 3.8) is 0 Å². The first-order chi connectivity index (χ1) is 11.6. The molecule has 0 atom stereocenters. The third kappa shape index (κ3) is 3.93. The van der Waals surface area contributed by atoms with E-state index in [9.17, 15) is 4.79 Å². The van der Waals surface area contributed by atoms with E-state index in [4.69, 9.17) is 11.6 Å². The predicted octanol–water partition coefficient (Wildman–Crippen LogP) is 4.69. The van der Waals surface area contributed by atoms with Crippen molar-refractivity contribution in [1.82, 2.24) is 4.98 Å². The lowest BCUT2D eigenvalue weighted by molar-refractivity contribution is 0.0993. The summed E-state index contributed by atoms with van der Waals surface area (Å²) < 4.78 is 0.539. The van der Waals surface area contributed by atoms with Crippen molar-refractivity contribution in [2.45, 2.75) is 6.54 Å². The maximum atomic E-state index is 12.5. The minimum Gasteiger partial charge on any atom is -0.380 e. The summed E-state index contributed by atoms with van der Waals surface area (Å²) in [5.41, 5.74) is 2.46. The SMILES string of the molecule is CN(C(=O)c1ccc(NCc2cnc(Cl)s2)cc1)c1ccccc1. The summed E-state index contributed by atoms with van der Waals surface area (Å²) >= 11 is 7.26. The molecule has 0 aliphatic carbocycles. The third-order valence-corrected chi connectivity index (χ3v) is 4.69. The maximum absolute atomic E-state index is 12.5. The van der Waals surface area contributed by atoms with Crippen molar-refractivity contribution < 1.29 is 4.79 Å². The fourth-order valence-electron chi connectivity index (χ4n) is 2.25. The van der Waals surface area contributed by atoms with E-state index in [1.165, 1.54) is 11.3 Å². The summed E-state index contributed by atoms with van der Waals surface area (Å²) in [6.07, 6.45) is 1.76. The van der Waals surface area contributed by atoms with Crippen LogP contribution in [0.15, 0.2) is 60.8 Å². The topological polar surface area (TPSA) is 45.2 Å². The zero-order chi connectivity index (χ0) is 16.9. The Labute approximate surface area is 149 Å². The van der Waals surface area contributed by atoms with E-state index in [1.54, 1.807) is 18.1 Å². The smallest absolute Gasteiger partial charge is 0.258 e. The highest BCUT2D eigenvalue weighted by Gasteiger charge is 2.12. The van der Waals surface area contributed by atoms with Crippen LogP contribution in [0, 0.1) is 0 Å². The van der Waals surface area contributed by atoms with E-state index in [-0.39, 0.29) is 5.91 Å². The summed E-state index contributed by atoms with van der Waals surface area (Å²) in [5.74, 6) is -0.0398. The molecular formula is C18H16ClN3OS. The molecule has 0 bridgehead atoms. The van der Waals surface area contributed by atoms with Crippen LogP contribution >= 0.6 is 22.9 Å². The molecule has 3 rings (SSSR count). The van der Waals surface area contributed by atoms with Gasteiger partial charge >= 0.3 is 0 Å². The molecule has 24 heavy (non-hydrogen) atoms. The quantitative estimate of drug-likeness (QED) is 0.720. The van der Waals surface area contributed by atoms with Gasteiger partial charge in [-0.1, -0.05) is 29.8 Å². The van der Waals surface area contributed by atoms with Crippen LogP contribution in [0.5, 0.6) is 0 Å². The Balaban J connectivity index is 1.64. The van der Waals surface area contributed by atoms with Gasteiger partial charge in [0.2, 0.25) is 0 Å². The van der Waals surface area contributed by atoms with Crippen LogP contribution in [-0.2, 0) is 6.54 Å². The lowest BCUT2D eigenvalue weighted by atomic mass is 10.1. The number of nitrogens with one attached hydrogen (secondary N) is 1. The summed E-state index contributed by atoms with van der Waals surface area (Å²) in [7, 11) is 1.78. The summed E-state index contributed by atoms with van der Waals surface area (Å²) in [5, 5.41) is 3.29. The van der Waals surface area contributed by atoms with Crippen LogP contribution in [0.4, 0.5) is 11.4 Å². The van der Waals surface area contributed by atoms with Crippen LogP contribution in [0.2, 0.25) is 4.47 Å². The van der Waals surface area contributed by atoms with E-state index < -0.39 is 0 Å². The van der Waals surface area contributed by atoms with Crippen LogP contribution in [0.3, 0.4) is 0 Å².